The summed E-state index contributed by atoms with van der Waals surface area (Å²) in [5, 5.41) is 6.17. The van der Waals surface area contributed by atoms with Crippen LogP contribution in [0.2, 0.25) is 0 Å². The van der Waals surface area contributed by atoms with E-state index in [0.29, 0.717) is 11.5 Å². The number of anilines is 1. The Bertz CT molecular complexity index is 413. The Hall–Kier alpha value is -1.51. The molecule has 0 fully saturated rings. The number of nitrogens with one attached hydrogen (secondary N) is 2. The number of amides is 1. The van der Waals surface area contributed by atoms with E-state index < -0.39 is 0 Å². The normalized spacial score (nSPS) is 12.3. The van der Waals surface area contributed by atoms with Gasteiger partial charge in [0.25, 0.3) is 5.91 Å². The zero-order valence-electron chi connectivity index (χ0n) is 12.0. The molecule has 1 atom stereocenters. The Morgan fingerprint density at radius 1 is 1.33 bits per heavy atom. The van der Waals surface area contributed by atoms with Gasteiger partial charge in [-0.1, -0.05) is 26.8 Å². The average Bonchev–Trinajstić information content (AvgIpc) is 2.34. The second-order valence-corrected chi connectivity index (χ2v) is 5.03. The molecule has 1 amide bonds. The van der Waals surface area contributed by atoms with Crippen LogP contribution in [0.1, 0.15) is 43.1 Å². The van der Waals surface area contributed by atoms with E-state index >= 15 is 0 Å². The van der Waals surface area contributed by atoms with E-state index in [2.05, 4.69) is 31.4 Å². The quantitative estimate of drug-likeness (QED) is 0.840. The first-order valence-electron chi connectivity index (χ1n) is 6.58. The highest BCUT2D eigenvalue weighted by atomic mass is 16.1. The highest BCUT2D eigenvalue weighted by Gasteiger charge is 2.17. The Balaban J connectivity index is 2.90. The van der Waals surface area contributed by atoms with Gasteiger partial charge in [-0.2, -0.15) is 0 Å². The molecule has 0 heterocycles. The van der Waals surface area contributed by atoms with Crippen LogP contribution in [0.15, 0.2) is 18.2 Å². The molecular weight excluding hydrogens is 224 g/mol. The minimum absolute atomic E-state index is 0.0000926. The maximum atomic E-state index is 12.3. The van der Waals surface area contributed by atoms with Crippen LogP contribution in [0.3, 0.4) is 0 Å². The van der Waals surface area contributed by atoms with Gasteiger partial charge in [-0.05, 0) is 37.0 Å². The zero-order valence-corrected chi connectivity index (χ0v) is 12.0. The van der Waals surface area contributed by atoms with Gasteiger partial charge in [0, 0.05) is 18.8 Å². The number of hydrogen-bond donors (Lipinski definition) is 2. The van der Waals surface area contributed by atoms with Gasteiger partial charge >= 0.3 is 0 Å². The second-order valence-electron chi connectivity index (χ2n) is 5.03. The Kier molecular flexibility index (Phi) is 5.20. The van der Waals surface area contributed by atoms with Crippen molar-refractivity contribution in [2.24, 2.45) is 5.92 Å². The number of carbonyl (C=O) groups is 1. The minimum Gasteiger partial charge on any atom is -0.387 e. The van der Waals surface area contributed by atoms with Gasteiger partial charge in [-0.3, -0.25) is 4.79 Å². The lowest BCUT2D eigenvalue weighted by Gasteiger charge is -2.21. The fraction of sp³-hybridized carbons (Fsp3) is 0.533. The molecule has 1 unspecified atom stereocenters. The van der Waals surface area contributed by atoms with E-state index in [1.165, 1.54) is 0 Å². The minimum atomic E-state index is -0.0000926. The molecule has 3 heteroatoms. The average molecular weight is 248 g/mol. The number of rotatable bonds is 5. The number of carbonyl (C=O) groups excluding carboxylic acids is 1. The van der Waals surface area contributed by atoms with E-state index in [9.17, 15) is 4.79 Å². The fourth-order valence-electron chi connectivity index (χ4n) is 2.05. The van der Waals surface area contributed by atoms with Gasteiger partial charge < -0.3 is 10.6 Å². The van der Waals surface area contributed by atoms with Crippen molar-refractivity contribution in [3.63, 3.8) is 0 Å². The van der Waals surface area contributed by atoms with Gasteiger partial charge in [0.1, 0.15) is 0 Å². The van der Waals surface area contributed by atoms with Gasteiger partial charge in [0.15, 0.2) is 0 Å². The van der Waals surface area contributed by atoms with Gasteiger partial charge in [0.2, 0.25) is 0 Å². The highest BCUT2D eigenvalue weighted by molar-refractivity contribution is 5.99. The maximum Gasteiger partial charge on any atom is 0.253 e. The van der Waals surface area contributed by atoms with Crippen LogP contribution >= 0.6 is 0 Å². The van der Waals surface area contributed by atoms with E-state index in [4.69, 9.17) is 0 Å². The number of benzene rings is 1. The summed E-state index contributed by atoms with van der Waals surface area (Å²) < 4.78 is 0. The van der Waals surface area contributed by atoms with Crippen LogP contribution < -0.4 is 10.6 Å². The maximum absolute atomic E-state index is 12.3. The molecule has 0 radical (unpaired) electrons. The summed E-state index contributed by atoms with van der Waals surface area (Å²) in [7, 11) is 1.84. The standard InChI is InChI=1S/C15H24N2O/c1-6-13(10(2)3)17-15(18)12-8-7-11(4)9-14(12)16-5/h7-10,13,16H,6H2,1-5H3,(H,17,18). The van der Waals surface area contributed by atoms with Crippen molar-refractivity contribution in [2.75, 3.05) is 12.4 Å². The zero-order chi connectivity index (χ0) is 13.7. The third-order valence-electron chi connectivity index (χ3n) is 3.25. The first kappa shape index (κ1) is 14.6. The van der Waals surface area contributed by atoms with E-state index in [1.54, 1.807) is 0 Å². The molecule has 0 aliphatic rings. The lowest BCUT2D eigenvalue weighted by atomic mass is 10.0. The molecule has 0 aromatic heterocycles. The number of hydrogen-bond acceptors (Lipinski definition) is 2. The van der Waals surface area contributed by atoms with E-state index in [0.717, 1.165) is 17.7 Å². The first-order valence-corrected chi connectivity index (χ1v) is 6.58. The molecule has 0 aliphatic heterocycles. The SMILES string of the molecule is CCC(NC(=O)c1ccc(C)cc1NC)C(C)C. The highest BCUT2D eigenvalue weighted by Crippen LogP contribution is 2.18. The molecule has 2 N–H and O–H groups in total. The van der Waals surface area contributed by atoms with Gasteiger partial charge in [-0.25, -0.2) is 0 Å². The Morgan fingerprint density at radius 2 is 2.00 bits per heavy atom. The summed E-state index contributed by atoms with van der Waals surface area (Å²) >= 11 is 0. The molecule has 3 nitrogen and oxygen atoms in total. The predicted octanol–water partition coefficient (Wildman–Crippen LogP) is 3.20. The molecule has 0 aliphatic carbocycles. The number of aryl methyl sites for hydroxylation is 1. The summed E-state index contributed by atoms with van der Waals surface area (Å²) in [5.74, 6) is 0.447. The lowest BCUT2D eigenvalue weighted by molar-refractivity contribution is 0.0925. The molecule has 0 saturated heterocycles. The molecule has 1 aromatic rings. The lowest BCUT2D eigenvalue weighted by Crippen LogP contribution is -2.38. The first-order chi connectivity index (χ1) is 8.49. The van der Waals surface area contributed by atoms with E-state index in [-0.39, 0.29) is 11.9 Å². The van der Waals surface area contributed by atoms with Crippen LogP contribution in [0, 0.1) is 12.8 Å². The van der Waals surface area contributed by atoms with Crippen molar-refractivity contribution in [3.05, 3.63) is 29.3 Å². The van der Waals surface area contributed by atoms with Crippen molar-refractivity contribution in [2.45, 2.75) is 40.2 Å². The van der Waals surface area contributed by atoms with Crippen LogP contribution in [-0.2, 0) is 0 Å². The van der Waals surface area contributed by atoms with Gasteiger partial charge in [0.05, 0.1) is 5.56 Å². The monoisotopic (exact) mass is 248 g/mol. The summed E-state index contributed by atoms with van der Waals surface area (Å²) in [6.45, 7) is 8.37. The van der Waals surface area contributed by atoms with Crippen LogP contribution in [-0.4, -0.2) is 19.0 Å². The van der Waals surface area contributed by atoms with E-state index in [1.807, 2.05) is 32.2 Å². The van der Waals surface area contributed by atoms with Crippen molar-refractivity contribution < 1.29 is 4.79 Å². The smallest absolute Gasteiger partial charge is 0.253 e. The van der Waals surface area contributed by atoms with Gasteiger partial charge in [-0.15, -0.1) is 0 Å². The third kappa shape index (κ3) is 3.49. The summed E-state index contributed by atoms with van der Waals surface area (Å²) in [6, 6.07) is 6.06. The molecule has 0 bridgehead atoms. The summed E-state index contributed by atoms with van der Waals surface area (Å²) in [5.41, 5.74) is 2.74. The van der Waals surface area contributed by atoms with Crippen LogP contribution in [0.5, 0.6) is 0 Å². The van der Waals surface area contributed by atoms with Crippen molar-refractivity contribution in [1.29, 1.82) is 0 Å². The van der Waals surface area contributed by atoms with Crippen LogP contribution in [0.4, 0.5) is 5.69 Å². The summed E-state index contributed by atoms with van der Waals surface area (Å²) in [4.78, 5) is 12.3. The molecule has 100 valence electrons. The van der Waals surface area contributed by atoms with Crippen molar-refractivity contribution in [3.8, 4) is 0 Å². The Morgan fingerprint density at radius 3 is 2.50 bits per heavy atom. The van der Waals surface area contributed by atoms with Crippen molar-refractivity contribution in [1.82, 2.24) is 5.32 Å². The molecule has 1 rings (SSSR count). The Labute approximate surface area is 110 Å². The molecule has 0 spiro atoms. The summed E-state index contributed by atoms with van der Waals surface area (Å²) in [6.07, 6.45) is 0.949. The van der Waals surface area contributed by atoms with Crippen molar-refractivity contribution >= 4 is 11.6 Å². The molecule has 18 heavy (non-hydrogen) atoms. The fourth-order valence-corrected chi connectivity index (χ4v) is 2.05. The third-order valence-corrected chi connectivity index (χ3v) is 3.25. The molecule has 1 aromatic carbocycles. The van der Waals surface area contributed by atoms with Crippen LogP contribution in [0.25, 0.3) is 0 Å². The molecule has 0 saturated carbocycles. The topological polar surface area (TPSA) is 41.1 Å². The largest absolute Gasteiger partial charge is 0.387 e. The predicted molar refractivity (Wildman–Crippen MR) is 77.1 cm³/mol. The second kappa shape index (κ2) is 6.43. The molecular formula is C15H24N2O.